The predicted octanol–water partition coefficient (Wildman–Crippen LogP) is 3.59. The predicted molar refractivity (Wildman–Crippen MR) is 102 cm³/mol. The molecule has 0 saturated heterocycles. The van der Waals surface area contributed by atoms with Crippen molar-refractivity contribution < 1.29 is 4.79 Å². The first-order valence-electron chi connectivity index (χ1n) is 8.78. The van der Waals surface area contributed by atoms with Crippen molar-refractivity contribution in [1.82, 2.24) is 10.3 Å². The Morgan fingerprint density at radius 1 is 1.20 bits per heavy atom. The van der Waals surface area contributed by atoms with Crippen molar-refractivity contribution in [2.45, 2.75) is 33.2 Å². The van der Waals surface area contributed by atoms with Gasteiger partial charge in [0.1, 0.15) is 0 Å². The molecule has 1 atom stereocenters. The Hall–Kier alpha value is -2.46. The molecule has 0 aliphatic carbocycles. The molecule has 1 amide bonds. The summed E-state index contributed by atoms with van der Waals surface area (Å²) in [7, 11) is 0. The van der Waals surface area contributed by atoms with Gasteiger partial charge in [-0.05, 0) is 37.5 Å². The van der Waals surface area contributed by atoms with E-state index in [1.54, 1.807) is 5.01 Å². The molecular weight excluding hydrogens is 310 g/mol. The van der Waals surface area contributed by atoms with Gasteiger partial charge in [-0.2, -0.15) is 5.10 Å². The number of rotatable bonds is 5. The van der Waals surface area contributed by atoms with Gasteiger partial charge in [-0.1, -0.05) is 54.1 Å². The summed E-state index contributed by atoms with van der Waals surface area (Å²) in [6.45, 7) is 7.23. The third-order valence-corrected chi connectivity index (χ3v) is 4.66. The van der Waals surface area contributed by atoms with E-state index < -0.39 is 0 Å². The normalized spacial score (nSPS) is 15.2. The maximum absolute atomic E-state index is 12.5. The molecule has 25 heavy (non-hydrogen) atoms. The van der Waals surface area contributed by atoms with Gasteiger partial charge in [0.15, 0.2) is 0 Å². The number of carbonyl (C=O) groups is 1. The van der Waals surface area contributed by atoms with Gasteiger partial charge in [0.2, 0.25) is 0 Å². The minimum Gasteiger partial charge on any atom is -0.302 e. The number of benzene rings is 2. The number of aryl methyl sites for hydroxylation is 2. The van der Waals surface area contributed by atoms with Crippen LogP contribution < -0.4 is 5.32 Å². The molecule has 1 aliphatic heterocycles. The maximum Gasteiger partial charge on any atom is 0.256 e. The minimum absolute atomic E-state index is 0.0167. The summed E-state index contributed by atoms with van der Waals surface area (Å²) >= 11 is 0. The second-order valence-electron chi connectivity index (χ2n) is 6.64. The summed E-state index contributed by atoms with van der Waals surface area (Å²) in [5.41, 5.74) is 5.79. The van der Waals surface area contributed by atoms with E-state index in [-0.39, 0.29) is 11.9 Å². The highest BCUT2D eigenvalue weighted by atomic mass is 16.2. The van der Waals surface area contributed by atoms with Gasteiger partial charge in [-0.25, -0.2) is 5.01 Å². The van der Waals surface area contributed by atoms with E-state index in [0.29, 0.717) is 13.1 Å². The highest BCUT2D eigenvalue weighted by molar-refractivity contribution is 6.02. The molecule has 0 radical (unpaired) electrons. The van der Waals surface area contributed by atoms with Gasteiger partial charge >= 0.3 is 0 Å². The fourth-order valence-electron chi connectivity index (χ4n) is 3.14. The van der Waals surface area contributed by atoms with Crippen molar-refractivity contribution in [3.05, 3.63) is 70.8 Å². The molecule has 2 aromatic carbocycles. The van der Waals surface area contributed by atoms with Crippen LogP contribution in [0.15, 0.2) is 53.6 Å². The minimum atomic E-state index is 0.0167. The van der Waals surface area contributed by atoms with Crippen LogP contribution in [0.3, 0.4) is 0 Å². The van der Waals surface area contributed by atoms with Gasteiger partial charge in [-0.3, -0.25) is 4.79 Å². The lowest BCUT2D eigenvalue weighted by Gasteiger charge is -2.18. The van der Waals surface area contributed by atoms with Crippen LogP contribution in [0.25, 0.3) is 0 Å². The van der Waals surface area contributed by atoms with Crippen molar-refractivity contribution in [2.24, 2.45) is 5.10 Å². The van der Waals surface area contributed by atoms with Crippen LogP contribution in [0.4, 0.5) is 0 Å². The molecule has 4 heteroatoms. The number of carbonyl (C=O) groups excluding carboxylic acids is 1. The first-order chi connectivity index (χ1) is 12.0. The van der Waals surface area contributed by atoms with Crippen molar-refractivity contribution in [3.63, 3.8) is 0 Å². The smallest absolute Gasteiger partial charge is 0.256 e. The first-order valence-corrected chi connectivity index (χ1v) is 8.78. The molecule has 3 rings (SSSR count). The number of hydrazone groups is 1. The molecule has 1 aliphatic rings. The van der Waals surface area contributed by atoms with E-state index in [1.165, 1.54) is 16.7 Å². The number of hydrogen-bond donors (Lipinski definition) is 1. The Bertz CT molecular complexity index is 783. The Balaban J connectivity index is 1.60. The molecule has 0 fully saturated rings. The third-order valence-electron chi connectivity index (χ3n) is 4.66. The molecule has 0 aromatic heterocycles. The van der Waals surface area contributed by atoms with Crippen LogP contribution in [0.1, 0.15) is 41.6 Å². The van der Waals surface area contributed by atoms with Crippen LogP contribution in [0.5, 0.6) is 0 Å². The summed E-state index contributed by atoms with van der Waals surface area (Å²) < 4.78 is 0. The maximum atomic E-state index is 12.5. The molecule has 2 aromatic rings. The van der Waals surface area contributed by atoms with E-state index in [1.807, 2.05) is 30.3 Å². The molecular formula is C21H25N3O. The van der Waals surface area contributed by atoms with Crippen molar-refractivity contribution >= 4 is 11.6 Å². The van der Waals surface area contributed by atoms with Crippen molar-refractivity contribution in [3.8, 4) is 0 Å². The summed E-state index contributed by atoms with van der Waals surface area (Å²) in [4.78, 5) is 12.5. The van der Waals surface area contributed by atoms with Crippen molar-refractivity contribution in [2.75, 3.05) is 13.1 Å². The molecule has 1 N–H and O–H groups in total. The Morgan fingerprint density at radius 3 is 2.72 bits per heavy atom. The summed E-state index contributed by atoms with van der Waals surface area (Å²) in [5, 5.41) is 9.43. The summed E-state index contributed by atoms with van der Waals surface area (Å²) in [5.74, 6) is 0.0167. The van der Waals surface area contributed by atoms with Crippen molar-refractivity contribution in [1.29, 1.82) is 0 Å². The van der Waals surface area contributed by atoms with Gasteiger partial charge in [0.05, 0.1) is 18.8 Å². The average Bonchev–Trinajstić information content (AvgIpc) is 3.12. The zero-order valence-corrected chi connectivity index (χ0v) is 15.1. The molecule has 4 nitrogen and oxygen atoms in total. The monoisotopic (exact) mass is 335 g/mol. The van der Waals surface area contributed by atoms with E-state index in [4.69, 9.17) is 0 Å². The SMILES string of the molecule is Cc1ccc(C)c([C@@H](C)NCC(=O)N2CCC(c3ccccc3)=N2)c1. The van der Waals surface area contributed by atoms with Gasteiger partial charge < -0.3 is 5.32 Å². The lowest BCUT2D eigenvalue weighted by molar-refractivity contribution is -0.129. The van der Waals surface area contributed by atoms with Gasteiger partial charge in [-0.15, -0.1) is 0 Å². The van der Waals surface area contributed by atoms with E-state index in [9.17, 15) is 4.79 Å². The second kappa shape index (κ2) is 7.62. The molecule has 130 valence electrons. The van der Waals surface area contributed by atoms with Gasteiger partial charge in [0, 0.05) is 12.5 Å². The highest BCUT2D eigenvalue weighted by Crippen LogP contribution is 2.19. The second-order valence-corrected chi connectivity index (χ2v) is 6.64. The molecule has 0 spiro atoms. The Morgan fingerprint density at radius 2 is 1.96 bits per heavy atom. The topological polar surface area (TPSA) is 44.7 Å². The number of nitrogens with zero attached hydrogens (tertiary/aromatic N) is 2. The zero-order valence-electron chi connectivity index (χ0n) is 15.1. The largest absolute Gasteiger partial charge is 0.302 e. The third kappa shape index (κ3) is 4.15. The lowest BCUT2D eigenvalue weighted by atomic mass is 10.00. The van der Waals surface area contributed by atoms with Crippen LogP contribution >= 0.6 is 0 Å². The standard InChI is InChI=1S/C21H25N3O/c1-15-9-10-16(2)19(13-15)17(3)22-14-21(25)24-12-11-20(23-24)18-7-5-4-6-8-18/h4-10,13,17,22H,11-12,14H2,1-3H3/t17-/m1/s1. The van der Waals surface area contributed by atoms with Crippen LogP contribution in [0.2, 0.25) is 0 Å². The molecule has 1 heterocycles. The zero-order chi connectivity index (χ0) is 17.8. The molecule has 0 unspecified atom stereocenters. The van der Waals surface area contributed by atoms with Crippen LogP contribution in [-0.2, 0) is 4.79 Å². The van der Waals surface area contributed by atoms with Gasteiger partial charge in [0.25, 0.3) is 5.91 Å². The van der Waals surface area contributed by atoms with E-state index in [0.717, 1.165) is 17.7 Å². The number of amides is 1. The fraction of sp³-hybridized carbons (Fsp3) is 0.333. The first kappa shape index (κ1) is 17.4. The van der Waals surface area contributed by atoms with Crippen LogP contribution in [-0.4, -0.2) is 29.7 Å². The Kier molecular flexibility index (Phi) is 5.29. The summed E-state index contributed by atoms with van der Waals surface area (Å²) in [6.07, 6.45) is 0.808. The average molecular weight is 335 g/mol. The Labute approximate surface area is 149 Å². The van der Waals surface area contributed by atoms with E-state index in [2.05, 4.69) is 49.4 Å². The number of nitrogens with one attached hydrogen (secondary N) is 1. The van der Waals surface area contributed by atoms with Crippen LogP contribution in [0, 0.1) is 13.8 Å². The molecule has 0 bridgehead atoms. The number of hydrogen-bond acceptors (Lipinski definition) is 3. The lowest BCUT2D eigenvalue weighted by Crippen LogP contribution is -2.35. The fourth-order valence-corrected chi connectivity index (χ4v) is 3.14. The van der Waals surface area contributed by atoms with E-state index >= 15 is 0 Å². The molecule has 0 saturated carbocycles. The quantitative estimate of drug-likeness (QED) is 0.907. The summed E-state index contributed by atoms with van der Waals surface area (Å²) in [6, 6.07) is 16.6. The highest BCUT2D eigenvalue weighted by Gasteiger charge is 2.21.